The van der Waals surface area contributed by atoms with Crippen LogP contribution in [0.2, 0.25) is 0 Å². The Balaban J connectivity index is 2.61. The van der Waals surface area contributed by atoms with Crippen LogP contribution in [0.4, 0.5) is 0 Å². The molecule has 0 bridgehead atoms. The summed E-state index contributed by atoms with van der Waals surface area (Å²) in [6, 6.07) is 6.63. The third-order valence-electron chi connectivity index (χ3n) is 4.68. The molecule has 0 saturated heterocycles. The Morgan fingerprint density at radius 2 is 1.64 bits per heavy atom. The zero-order chi connectivity index (χ0) is 18.8. The molecule has 1 aromatic rings. The Labute approximate surface area is 145 Å². The molecule has 1 saturated carbocycles. The van der Waals surface area contributed by atoms with Gasteiger partial charge in [0.2, 0.25) is 0 Å². The normalized spacial score (nSPS) is 29.0. The van der Waals surface area contributed by atoms with Crippen molar-refractivity contribution in [3.63, 3.8) is 0 Å². The molecule has 4 unspecified atom stereocenters. The number of hydrogen-bond acceptors (Lipinski definition) is 7. The Morgan fingerprint density at radius 1 is 1.08 bits per heavy atom. The van der Waals surface area contributed by atoms with Crippen molar-refractivity contribution in [1.29, 1.82) is 0 Å². The van der Waals surface area contributed by atoms with E-state index in [1.54, 1.807) is 24.3 Å². The first-order valence-electron chi connectivity index (χ1n) is 7.81. The summed E-state index contributed by atoms with van der Waals surface area (Å²) in [5, 5.41) is 10.7. The molecule has 1 aromatic carbocycles. The van der Waals surface area contributed by atoms with Gasteiger partial charge in [0.05, 0.1) is 32.8 Å². The van der Waals surface area contributed by atoms with Crippen LogP contribution < -0.4 is 4.74 Å². The van der Waals surface area contributed by atoms with Gasteiger partial charge < -0.3 is 19.3 Å². The minimum absolute atomic E-state index is 0.334. The molecule has 136 valence electrons. The van der Waals surface area contributed by atoms with Gasteiger partial charge in [-0.25, -0.2) is 0 Å². The van der Waals surface area contributed by atoms with E-state index in [1.165, 1.54) is 28.3 Å². The number of carbonyl (C=O) groups excluding carboxylic acids is 3. The summed E-state index contributed by atoms with van der Waals surface area (Å²) >= 11 is 0. The fourth-order valence-electron chi connectivity index (χ4n) is 3.50. The van der Waals surface area contributed by atoms with Gasteiger partial charge in [-0.3, -0.25) is 14.4 Å². The minimum Gasteiger partial charge on any atom is -0.497 e. The summed E-state index contributed by atoms with van der Waals surface area (Å²) in [7, 11) is 3.89. The Kier molecular flexibility index (Phi) is 5.47. The molecule has 0 heterocycles. The van der Waals surface area contributed by atoms with Crippen LogP contribution in [0.25, 0.3) is 0 Å². The van der Waals surface area contributed by atoms with Crippen LogP contribution in [0.5, 0.6) is 5.75 Å². The van der Waals surface area contributed by atoms with E-state index in [-0.39, 0.29) is 6.42 Å². The second-order valence-electron chi connectivity index (χ2n) is 6.30. The van der Waals surface area contributed by atoms with E-state index in [0.717, 1.165) is 0 Å². The number of carbonyl (C=O) groups is 3. The van der Waals surface area contributed by atoms with Crippen molar-refractivity contribution in [2.24, 2.45) is 11.8 Å². The van der Waals surface area contributed by atoms with Crippen LogP contribution >= 0.6 is 0 Å². The van der Waals surface area contributed by atoms with E-state index in [1.807, 2.05) is 0 Å². The molecule has 0 aromatic heterocycles. The smallest absolute Gasteiger partial charge is 0.316 e. The van der Waals surface area contributed by atoms with Crippen LogP contribution in [0.15, 0.2) is 24.3 Å². The first kappa shape index (κ1) is 18.9. The third-order valence-corrected chi connectivity index (χ3v) is 4.68. The highest BCUT2D eigenvalue weighted by Gasteiger charge is 2.56. The maximum absolute atomic E-state index is 12.5. The lowest BCUT2D eigenvalue weighted by molar-refractivity contribution is -0.170. The molecule has 1 fully saturated rings. The summed E-state index contributed by atoms with van der Waals surface area (Å²) in [4.78, 5) is 37.2. The fraction of sp³-hybridized carbons (Fsp3) is 0.500. The number of benzene rings is 1. The van der Waals surface area contributed by atoms with Crippen molar-refractivity contribution < 1.29 is 33.7 Å². The van der Waals surface area contributed by atoms with Crippen molar-refractivity contribution in [3.05, 3.63) is 29.8 Å². The molecule has 1 N–H and O–H groups in total. The van der Waals surface area contributed by atoms with Gasteiger partial charge >= 0.3 is 11.9 Å². The number of rotatable bonds is 4. The lowest BCUT2D eigenvalue weighted by Crippen LogP contribution is -2.55. The molecule has 0 amide bonds. The van der Waals surface area contributed by atoms with E-state index < -0.39 is 41.1 Å². The maximum atomic E-state index is 12.5. The standard InChI is InChI=1S/C18H22O7/c1-18(22)9-12(19)14(16(20)24-3)13(15(18)17(21)25-4)10-5-7-11(23-2)8-6-10/h5-8,13-15,22H,9H2,1-4H3. The Morgan fingerprint density at radius 3 is 2.12 bits per heavy atom. The number of Topliss-reactive ketones (excluding diaryl/α,β-unsaturated/α-hetero) is 1. The maximum Gasteiger partial charge on any atom is 0.316 e. The summed E-state index contributed by atoms with van der Waals surface area (Å²) in [5.41, 5.74) is -1.10. The number of esters is 2. The molecule has 25 heavy (non-hydrogen) atoms. The van der Waals surface area contributed by atoms with Gasteiger partial charge in [-0.15, -0.1) is 0 Å². The van der Waals surface area contributed by atoms with Crippen molar-refractivity contribution in [2.45, 2.75) is 24.9 Å². The molecule has 4 atom stereocenters. The fourth-order valence-corrected chi connectivity index (χ4v) is 3.50. The summed E-state index contributed by atoms with van der Waals surface area (Å²) in [6.45, 7) is 1.40. The quantitative estimate of drug-likeness (QED) is 0.641. The summed E-state index contributed by atoms with van der Waals surface area (Å²) in [6.07, 6.45) is -0.334. The third kappa shape index (κ3) is 3.51. The summed E-state index contributed by atoms with van der Waals surface area (Å²) in [5.74, 6) is -4.50. The van der Waals surface area contributed by atoms with Crippen LogP contribution in [-0.4, -0.2) is 49.8 Å². The van der Waals surface area contributed by atoms with Crippen molar-refractivity contribution in [2.75, 3.05) is 21.3 Å². The SMILES string of the molecule is COC(=O)C1C(=O)CC(C)(O)C(C(=O)OC)C1c1ccc(OC)cc1. The number of hydrogen-bond donors (Lipinski definition) is 1. The highest BCUT2D eigenvalue weighted by Crippen LogP contribution is 2.46. The molecule has 7 nitrogen and oxygen atoms in total. The molecule has 7 heteroatoms. The molecule has 1 aliphatic carbocycles. The Hall–Kier alpha value is -2.41. The number of aliphatic hydroxyl groups is 1. The Bertz CT molecular complexity index is 663. The van der Waals surface area contributed by atoms with Gasteiger partial charge in [0.15, 0.2) is 5.78 Å². The van der Waals surface area contributed by atoms with Crippen LogP contribution in [0, 0.1) is 11.8 Å². The molecule has 0 aliphatic heterocycles. The highest BCUT2D eigenvalue weighted by molar-refractivity contribution is 6.02. The van der Waals surface area contributed by atoms with Gasteiger partial charge in [0.25, 0.3) is 0 Å². The van der Waals surface area contributed by atoms with E-state index in [2.05, 4.69) is 0 Å². The number of methoxy groups -OCH3 is 3. The first-order chi connectivity index (χ1) is 11.8. The van der Waals surface area contributed by atoms with Crippen molar-refractivity contribution >= 4 is 17.7 Å². The lowest BCUT2D eigenvalue weighted by atomic mass is 9.62. The van der Waals surface area contributed by atoms with Gasteiger partial charge in [-0.2, -0.15) is 0 Å². The lowest BCUT2D eigenvalue weighted by Gasteiger charge is -2.43. The molecule has 2 rings (SSSR count). The second-order valence-corrected chi connectivity index (χ2v) is 6.30. The van der Waals surface area contributed by atoms with Crippen molar-refractivity contribution in [1.82, 2.24) is 0 Å². The zero-order valence-corrected chi connectivity index (χ0v) is 14.6. The molecule has 0 radical (unpaired) electrons. The summed E-state index contributed by atoms with van der Waals surface area (Å²) < 4.78 is 14.7. The molecular formula is C18H22O7. The number of ketones is 1. The van der Waals surface area contributed by atoms with Gasteiger partial charge in [-0.1, -0.05) is 12.1 Å². The second kappa shape index (κ2) is 7.23. The molecule has 1 aliphatic rings. The number of ether oxygens (including phenoxy) is 3. The van der Waals surface area contributed by atoms with Gasteiger partial charge in [-0.05, 0) is 24.6 Å². The van der Waals surface area contributed by atoms with Crippen LogP contribution in [0.1, 0.15) is 24.8 Å². The van der Waals surface area contributed by atoms with Crippen LogP contribution in [-0.2, 0) is 23.9 Å². The van der Waals surface area contributed by atoms with E-state index >= 15 is 0 Å². The van der Waals surface area contributed by atoms with E-state index in [4.69, 9.17) is 14.2 Å². The molecule has 0 spiro atoms. The first-order valence-corrected chi connectivity index (χ1v) is 7.81. The zero-order valence-electron chi connectivity index (χ0n) is 14.6. The van der Waals surface area contributed by atoms with Gasteiger partial charge in [0, 0.05) is 12.3 Å². The molecular weight excluding hydrogens is 328 g/mol. The van der Waals surface area contributed by atoms with E-state index in [9.17, 15) is 19.5 Å². The largest absolute Gasteiger partial charge is 0.497 e. The topological polar surface area (TPSA) is 99.1 Å². The highest BCUT2D eigenvalue weighted by atomic mass is 16.5. The van der Waals surface area contributed by atoms with Crippen molar-refractivity contribution in [3.8, 4) is 5.75 Å². The monoisotopic (exact) mass is 350 g/mol. The van der Waals surface area contributed by atoms with E-state index in [0.29, 0.717) is 11.3 Å². The minimum atomic E-state index is -1.64. The predicted molar refractivity (Wildman–Crippen MR) is 87.0 cm³/mol. The van der Waals surface area contributed by atoms with Crippen LogP contribution in [0.3, 0.4) is 0 Å². The predicted octanol–water partition coefficient (Wildman–Crippen LogP) is 1.08. The average Bonchev–Trinajstić information content (AvgIpc) is 2.59. The average molecular weight is 350 g/mol. The van der Waals surface area contributed by atoms with Gasteiger partial charge in [0.1, 0.15) is 11.7 Å².